The number of hydrogen-bond donors (Lipinski definition) is 1. The molecule has 1 aliphatic rings. The summed E-state index contributed by atoms with van der Waals surface area (Å²) >= 11 is 0. The quantitative estimate of drug-likeness (QED) is 0.909. The van der Waals surface area contributed by atoms with Gasteiger partial charge in [-0.25, -0.2) is 0 Å². The maximum absolute atomic E-state index is 12.5. The molecule has 2 amide bonds. The Morgan fingerprint density at radius 2 is 1.68 bits per heavy atom. The third-order valence-electron chi connectivity index (χ3n) is 4.33. The Hall–Kier alpha value is -1.82. The lowest BCUT2D eigenvalue weighted by Crippen LogP contribution is -2.53. The lowest BCUT2D eigenvalue weighted by molar-refractivity contribution is -0.137. The average molecular weight is 307 g/mol. The third kappa shape index (κ3) is 3.32. The molecule has 6 heteroatoms. The topological polar surface area (TPSA) is 79.8 Å². The van der Waals surface area contributed by atoms with Gasteiger partial charge in [0.05, 0.1) is 11.5 Å². The van der Waals surface area contributed by atoms with E-state index in [-0.39, 0.29) is 23.8 Å². The Morgan fingerprint density at radius 3 is 2.14 bits per heavy atom. The Labute approximate surface area is 131 Å². The van der Waals surface area contributed by atoms with Crippen LogP contribution in [0.4, 0.5) is 0 Å². The Morgan fingerprint density at radius 1 is 1.14 bits per heavy atom. The molecule has 2 unspecified atom stereocenters. The van der Waals surface area contributed by atoms with E-state index in [2.05, 4.69) is 0 Å². The highest BCUT2D eigenvalue weighted by molar-refractivity contribution is 5.95. The summed E-state index contributed by atoms with van der Waals surface area (Å²) in [5.41, 5.74) is 6.40. The second-order valence-electron chi connectivity index (χ2n) is 6.09. The van der Waals surface area contributed by atoms with Crippen molar-refractivity contribution >= 4 is 11.8 Å². The predicted molar refractivity (Wildman–Crippen MR) is 83.5 cm³/mol. The van der Waals surface area contributed by atoms with Crippen LogP contribution in [0.2, 0.25) is 0 Å². The molecule has 0 aromatic carbocycles. The fraction of sp³-hybridized carbons (Fsp3) is 0.625. The highest BCUT2D eigenvalue weighted by Crippen LogP contribution is 2.18. The summed E-state index contributed by atoms with van der Waals surface area (Å²) in [6.45, 7) is 9.50. The molecule has 122 valence electrons. The summed E-state index contributed by atoms with van der Waals surface area (Å²) in [5.74, 6) is 1.23. The molecule has 1 aliphatic heterocycles. The standard InChI is InChI=1S/C16H25N3O3/c1-10-9-14(13(4)22-10)16(21)19-7-5-18(6-8-19)15(20)11(2)12(3)17/h9,11-12H,5-8,17H2,1-4H3. The first-order chi connectivity index (χ1) is 10.3. The molecule has 0 radical (unpaired) electrons. The van der Waals surface area contributed by atoms with E-state index in [1.165, 1.54) is 0 Å². The SMILES string of the molecule is Cc1cc(C(=O)N2CCN(C(=O)C(C)C(C)N)CC2)c(C)o1. The number of carbonyl (C=O) groups is 2. The minimum Gasteiger partial charge on any atom is -0.466 e. The first kappa shape index (κ1) is 16.5. The van der Waals surface area contributed by atoms with Gasteiger partial charge in [0.25, 0.3) is 5.91 Å². The molecule has 22 heavy (non-hydrogen) atoms. The third-order valence-corrected chi connectivity index (χ3v) is 4.33. The number of carbonyl (C=O) groups excluding carboxylic acids is 2. The monoisotopic (exact) mass is 307 g/mol. The van der Waals surface area contributed by atoms with Gasteiger partial charge in [-0.2, -0.15) is 0 Å². The van der Waals surface area contributed by atoms with Gasteiger partial charge in [-0.05, 0) is 26.8 Å². The van der Waals surface area contributed by atoms with E-state index in [1.807, 2.05) is 20.8 Å². The van der Waals surface area contributed by atoms with Gasteiger partial charge in [-0.15, -0.1) is 0 Å². The molecule has 0 bridgehead atoms. The molecule has 2 N–H and O–H groups in total. The highest BCUT2D eigenvalue weighted by Gasteiger charge is 2.29. The zero-order chi connectivity index (χ0) is 16.4. The molecule has 0 aliphatic carbocycles. The number of aryl methyl sites for hydroxylation is 2. The maximum atomic E-state index is 12.5. The van der Waals surface area contributed by atoms with Gasteiger partial charge in [0.2, 0.25) is 5.91 Å². The second kappa shape index (κ2) is 6.52. The molecule has 0 spiro atoms. The number of amides is 2. The normalized spacial score (nSPS) is 18.2. The summed E-state index contributed by atoms with van der Waals surface area (Å²) in [4.78, 5) is 28.3. The summed E-state index contributed by atoms with van der Waals surface area (Å²) in [6.07, 6.45) is 0. The predicted octanol–water partition coefficient (Wildman–Crippen LogP) is 1.16. The molecule has 6 nitrogen and oxygen atoms in total. The van der Waals surface area contributed by atoms with Crippen LogP contribution in [0.3, 0.4) is 0 Å². The van der Waals surface area contributed by atoms with Gasteiger partial charge in [-0.3, -0.25) is 9.59 Å². The van der Waals surface area contributed by atoms with Crippen LogP contribution in [-0.4, -0.2) is 53.8 Å². The van der Waals surface area contributed by atoms with Crippen molar-refractivity contribution < 1.29 is 14.0 Å². The molecule has 1 fully saturated rings. The van der Waals surface area contributed by atoms with E-state index in [1.54, 1.807) is 22.8 Å². The van der Waals surface area contributed by atoms with Crippen molar-refractivity contribution in [2.24, 2.45) is 11.7 Å². The van der Waals surface area contributed by atoms with Crippen LogP contribution in [-0.2, 0) is 4.79 Å². The van der Waals surface area contributed by atoms with Gasteiger partial charge >= 0.3 is 0 Å². The van der Waals surface area contributed by atoms with E-state index < -0.39 is 0 Å². The van der Waals surface area contributed by atoms with Crippen molar-refractivity contribution in [2.75, 3.05) is 26.2 Å². The van der Waals surface area contributed by atoms with E-state index in [9.17, 15) is 9.59 Å². The molecule has 2 atom stereocenters. The summed E-state index contributed by atoms with van der Waals surface area (Å²) in [7, 11) is 0. The van der Waals surface area contributed by atoms with Crippen LogP contribution >= 0.6 is 0 Å². The number of rotatable bonds is 3. The lowest BCUT2D eigenvalue weighted by atomic mass is 10.0. The second-order valence-corrected chi connectivity index (χ2v) is 6.09. The van der Waals surface area contributed by atoms with Gasteiger partial charge in [0, 0.05) is 32.2 Å². The van der Waals surface area contributed by atoms with E-state index in [0.29, 0.717) is 37.5 Å². The van der Waals surface area contributed by atoms with Crippen molar-refractivity contribution in [3.63, 3.8) is 0 Å². The molecule has 1 aromatic rings. The fourth-order valence-electron chi connectivity index (χ4n) is 2.66. The van der Waals surface area contributed by atoms with Gasteiger partial charge < -0.3 is 20.0 Å². The minimum atomic E-state index is -0.194. The van der Waals surface area contributed by atoms with Gasteiger partial charge in [0.15, 0.2) is 0 Å². The van der Waals surface area contributed by atoms with Crippen LogP contribution < -0.4 is 5.73 Å². The Bertz CT molecular complexity index is 557. The zero-order valence-corrected chi connectivity index (χ0v) is 13.8. The number of furan rings is 1. The largest absolute Gasteiger partial charge is 0.466 e. The molecule has 0 saturated carbocycles. The molecule has 2 rings (SSSR count). The van der Waals surface area contributed by atoms with Crippen molar-refractivity contribution in [3.8, 4) is 0 Å². The van der Waals surface area contributed by atoms with Crippen LogP contribution in [0.25, 0.3) is 0 Å². The summed E-state index contributed by atoms with van der Waals surface area (Å²) in [5, 5.41) is 0. The molecule has 1 saturated heterocycles. The molecule has 2 heterocycles. The van der Waals surface area contributed by atoms with Crippen LogP contribution in [0, 0.1) is 19.8 Å². The fourth-order valence-corrected chi connectivity index (χ4v) is 2.66. The van der Waals surface area contributed by atoms with Crippen molar-refractivity contribution in [1.29, 1.82) is 0 Å². The minimum absolute atomic E-state index is 0.0262. The smallest absolute Gasteiger partial charge is 0.257 e. The maximum Gasteiger partial charge on any atom is 0.257 e. The number of nitrogens with zero attached hydrogens (tertiary/aromatic N) is 2. The molecule has 1 aromatic heterocycles. The van der Waals surface area contributed by atoms with E-state index in [0.717, 1.165) is 5.76 Å². The van der Waals surface area contributed by atoms with Crippen LogP contribution in [0.15, 0.2) is 10.5 Å². The number of nitrogens with two attached hydrogens (primary N) is 1. The molecular weight excluding hydrogens is 282 g/mol. The molecular formula is C16H25N3O3. The van der Waals surface area contributed by atoms with Gasteiger partial charge in [0.1, 0.15) is 11.5 Å². The van der Waals surface area contributed by atoms with Crippen molar-refractivity contribution in [3.05, 3.63) is 23.2 Å². The van der Waals surface area contributed by atoms with Crippen molar-refractivity contribution in [1.82, 2.24) is 9.80 Å². The number of hydrogen-bond acceptors (Lipinski definition) is 4. The van der Waals surface area contributed by atoms with E-state index in [4.69, 9.17) is 10.2 Å². The average Bonchev–Trinajstić information content (AvgIpc) is 2.83. The lowest BCUT2D eigenvalue weighted by Gasteiger charge is -2.36. The van der Waals surface area contributed by atoms with Crippen molar-refractivity contribution in [2.45, 2.75) is 33.7 Å². The van der Waals surface area contributed by atoms with Crippen LogP contribution in [0.1, 0.15) is 35.7 Å². The first-order valence-electron chi connectivity index (χ1n) is 7.72. The van der Waals surface area contributed by atoms with Gasteiger partial charge in [-0.1, -0.05) is 6.92 Å². The number of piperazine rings is 1. The Balaban J connectivity index is 1.96. The Kier molecular flexibility index (Phi) is 4.90. The summed E-state index contributed by atoms with van der Waals surface area (Å²) < 4.78 is 5.42. The van der Waals surface area contributed by atoms with Crippen LogP contribution in [0.5, 0.6) is 0 Å². The highest BCUT2D eigenvalue weighted by atomic mass is 16.3. The van der Waals surface area contributed by atoms with E-state index >= 15 is 0 Å². The summed E-state index contributed by atoms with van der Waals surface area (Å²) in [6, 6.07) is 1.61. The first-order valence-corrected chi connectivity index (χ1v) is 7.72. The zero-order valence-electron chi connectivity index (χ0n) is 13.8.